The monoisotopic (exact) mass is 290 g/mol. The lowest BCUT2D eigenvalue weighted by molar-refractivity contribution is 0.113. The molecule has 1 fully saturated rings. The van der Waals surface area contributed by atoms with Gasteiger partial charge in [0.25, 0.3) is 0 Å². The normalized spacial score (nSPS) is 22.9. The summed E-state index contributed by atoms with van der Waals surface area (Å²) in [7, 11) is 4.01. The van der Waals surface area contributed by atoms with Crippen LogP contribution in [0.25, 0.3) is 0 Å². The van der Waals surface area contributed by atoms with Crippen LogP contribution in [0.5, 0.6) is 0 Å². The van der Waals surface area contributed by atoms with Crippen LogP contribution < -0.4 is 5.32 Å². The number of nitrogens with zero attached hydrogens (tertiary/aromatic N) is 3. The summed E-state index contributed by atoms with van der Waals surface area (Å²) in [5, 5.41) is 2.91. The number of urea groups is 1. The Morgan fingerprint density at radius 3 is 2.76 bits per heavy atom. The highest BCUT2D eigenvalue weighted by molar-refractivity contribution is 5.88. The molecule has 0 radical (unpaired) electrons. The van der Waals surface area contributed by atoms with Crippen LogP contribution in [0, 0.1) is 19.8 Å². The number of nitrogens with one attached hydrogen (secondary N) is 1. The Hall–Kier alpha value is -1.62. The van der Waals surface area contributed by atoms with Crippen molar-refractivity contribution in [2.45, 2.75) is 33.2 Å². The molecule has 0 aliphatic carbocycles. The predicted octanol–water partition coefficient (Wildman–Crippen LogP) is 2.50. The highest BCUT2D eigenvalue weighted by Gasteiger charge is 2.30. The van der Waals surface area contributed by atoms with Crippen molar-refractivity contribution in [3.63, 3.8) is 0 Å². The Morgan fingerprint density at radius 2 is 2.14 bits per heavy atom. The van der Waals surface area contributed by atoms with Gasteiger partial charge < -0.3 is 9.80 Å². The van der Waals surface area contributed by atoms with Gasteiger partial charge in [-0.2, -0.15) is 0 Å². The van der Waals surface area contributed by atoms with Crippen molar-refractivity contribution in [1.82, 2.24) is 14.8 Å². The SMILES string of the molecule is Cc1cc(C)nc(NC(=O)N(C)[C@@H]2CCN(C)C[C@H]2C)c1. The van der Waals surface area contributed by atoms with Gasteiger partial charge in [-0.25, -0.2) is 9.78 Å². The van der Waals surface area contributed by atoms with E-state index in [4.69, 9.17) is 0 Å². The minimum atomic E-state index is -0.0751. The summed E-state index contributed by atoms with van der Waals surface area (Å²) in [6.07, 6.45) is 1.02. The van der Waals surface area contributed by atoms with Crippen LogP contribution in [0.3, 0.4) is 0 Å². The van der Waals surface area contributed by atoms with Gasteiger partial charge in [0.05, 0.1) is 0 Å². The molecule has 5 nitrogen and oxygen atoms in total. The number of aryl methyl sites for hydroxylation is 2. The first-order valence-electron chi connectivity index (χ1n) is 7.54. The fraction of sp³-hybridized carbons (Fsp3) is 0.625. The minimum Gasteiger partial charge on any atom is -0.324 e. The summed E-state index contributed by atoms with van der Waals surface area (Å²) in [4.78, 5) is 20.9. The smallest absolute Gasteiger partial charge is 0.323 e. The number of rotatable bonds is 2. The van der Waals surface area contributed by atoms with Gasteiger partial charge in [0.2, 0.25) is 0 Å². The zero-order valence-corrected chi connectivity index (χ0v) is 13.7. The van der Waals surface area contributed by atoms with Crippen molar-refractivity contribution in [3.8, 4) is 0 Å². The molecule has 2 heterocycles. The van der Waals surface area contributed by atoms with Crippen molar-refractivity contribution in [3.05, 3.63) is 23.4 Å². The van der Waals surface area contributed by atoms with Gasteiger partial charge in [0.15, 0.2) is 0 Å². The van der Waals surface area contributed by atoms with Gasteiger partial charge in [-0.3, -0.25) is 5.32 Å². The van der Waals surface area contributed by atoms with E-state index in [-0.39, 0.29) is 12.1 Å². The fourth-order valence-corrected chi connectivity index (χ4v) is 3.17. The Morgan fingerprint density at radius 1 is 1.43 bits per heavy atom. The lowest BCUT2D eigenvalue weighted by Crippen LogP contribution is -2.50. The van der Waals surface area contributed by atoms with Crippen LogP contribution >= 0.6 is 0 Å². The molecule has 1 aliphatic rings. The molecule has 116 valence electrons. The Kier molecular flexibility index (Phi) is 4.83. The van der Waals surface area contributed by atoms with E-state index in [1.807, 2.05) is 37.9 Å². The van der Waals surface area contributed by atoms with E-state index in [9.17, 15) is 4.79 Å². The summed E-state index contributed by atoms with van der Waals surface area (Å²) in [6, 6.07) is 4.11. The first-order valence-corrected chi connectivity index (χ1v) is 7.54. The topological polar surface area (TPSA) is 48.5 Å². The largest absolute Gasteiger partial charge is 0.324 e. The van der Waals surface area contributed by atoms with Crippen molar-refractivity contribution >= 4 is 11.8 Å². The van der Waals surface area contributed by atoms with Crippen molar-refractivity contribution < 1.29 is 4.79 Å². The molecule has 0 aromatic carbocycles. The van der Waals surface area contributed by atoms with Crippen LogP contribution in [0.2, 0.25) is 0 Å². The predicted molar refractivity (Wildman–Crippen MR) is 85.6 cm³/mol. The van der Waals surface area contributed by atoms with E-state index in [0.717, 1.165) is 30.8 Å². The fourth-order valence-electron chi connectivity index (χ4n) is 3.17. The molecule has 2 rings (SSSR count). The number of pyridine rings is 1. The average Bonchev–Trinajstić information content (AvgIpc) is 2.36. The van der Waals surface area contributed by atoms with E-state index in [0.29, 0.717) is 11.7 Å². The first-order chi connectivity index (χ1) is 9.86. The van der Waals surface area contributed by atoms with E-state index in [1.165, 1.54) is 0 Å². The number of hydrogen-bond acceptors (Lipinski definition) is 3. The molecule has 0 bridgehead atoms. The lowest BCUT2D eigenvalue weighted by atomic mass is 9.93. The Balaban J connectivity index is 2.02. The molecule has 2 amide bonds. The van der Waals surface area contributed by atoms with Gasteiger partial charge in [-0.1, -0.05) is 6.92 Å². The van der Waals surface area contributed by atoms with Gasteiger partial charge in [-0.15, -0.1) is 0 Å². The molecule has 1 saturated heterocycles. The summed E-state index contributed by atoms with van der Waals surface area (Å²) in [5.74, 6) is 1.11. The van der Waals surface area contributed by atoms with Gasteiger partial charge in [0.1, 0.15) is 5.82 Å². The second-order valence-corrected chi connectivity index (χ2v) is 6.31. The molecular weight excluding hydrogens is 264 g/mol. The zero-order chi connectivity index (χ0) is 15.6. The second-order valence-electron chi connectivity index (χ2n) is 6.31. The molecule has 5 heteroatoms. The van der Waals surface area contributed by atoms with Crippen molar-refractivity contribution in [1.29, 1.82) is 0 Å². The third-order valence-electron chi connectivity index (χ3n) is 4.21. The first kappa shape index (κ1) is 15.8. The van der Waals surface area contributed by atoms with Crippen LogP contribution in [-0.4, -0.2) is 54.0 Å². The van der Waals surface area contributed by atoms with Crippen LogP contribution in [0.1, 0.15) is 24.6 Å². The Labute approximate surface area is 127 Å². The average molecular weight is 290 g/mol. The number of anilines is 1. The maximum absolute atomic E-state index is 12.4. The molecule has 0 unspecified atom stereocenters. The molecule has 21 heavy (non-hydrogen) atoms. The van der Waals surface area contributed by atoms with E-state index >= 15 is 0 Å². The summed E-state index contributed by atoms with van der Waals surface area (Å²) in [5.41, 5.74) is 2.02. The van der Waals surface area contributed by atoms with E-state index in [2.05, 4.69) is 29.2 Å². The summed E-state index contributed by atoms with van der Waals surface area (Å²) < 4.78 is 0. The zero-order valence-electron chi connectivity index (χ0n) is 13.7. The standard InChI is InChI=1S/C16H26N4O/c1-11-8-13(3)17-15(9-11)18-16(21)20(5)14-6-7-19(4)10-12(14)2/h8-9,12,14H,6-7,10H2,1-5H3,(H,17,18,21)/t12-,14-/m1/s1. The maximum Gasteiger partial charge on any atom is 0.323 e. The number of hydrogen-bond donors (Lipinski definition) is 1. The highest BCUT2D eigenvalue weighted by atomic mass is 16.2. The number of carbonyl (C=O) groups is 1. The van der Waals surface area contributed by atoms with Gasteiger partial charge in [-0.05, 0) is 57.5 Å². The molecule has 2 atom stereocenters. The molecule has 1 aliphatic heterocycles. The van der Waals surface area contributed by atoms with Gasteiger partial charge >= 0.3 is 6.03 Å². The molecular formula is C16H26N4O. The quantitative estimate of drug-likeness (QED) is 0.910. The molecule has 0 saturated carbocycles. The number of carbonyl (C=O) groups excluding carboxylic acids is 1. The van der Waals surface area contributed by atoms with Crippen LogP contribution in [0.4, 0.5) is 10.6 Å². The summed E-state index contributed by atoms with van der Waals surface area (Å²) >= 11 is 0. The van der Waals surface area contributed by atoms with Crippen LogP contribution in [-0.2, 0) is 0 Å². The molecule has 1 aromatic rings. The Bertz CT molecular complexity index is 497. The molecule has 1 N–H and O–H groups in total. The van der Waals surface area contributed by atoms with E-state index in [1.54, 1.807) is 0 Å². The maximum atomic E-state index is 12.4. The van der Waals surface area contributed by atoms with Crippen LogP contribution in [0.15, 0.2) is 12.1 Å². The lowest BCUT2D eigenvalue weighted by Gasteiger charge is -2.39. The van der Waals surface area contributed by atoms with Crippen molar-refractivity contribution in [2.24, 2.45) is 5.92 Å². The highest BCUT2D eigenvalue weighted by Crippen LogP contribution is 2.21. The van der Waals surface area contributed by atoms with Crippen molar-refractivity contribution in [2.75, 3.05) is 32.5 Å². The second kappa shape index (κ2) is 6.43. The van der Waals surface area contributed by atoms with E-state index < -0.39 is 0 Å². The molecule has 1 aromatic heterocycles. The number of amides is 2. The minimum absolute atomic E-state index is 0.0751. The number of likely N-dealkylation sites (tertiary alicyclic amines) is 1. The molecule has 0 spiro atoms. The third-order valence-corrected chi connectivity index (χ3v) is 4.21. The number of piperidine rings is 1. The van der Waals surface area contributed by atoms with Gasteiger partial charge in [0, 0.05) is 25.3 Å². The summed E-state index contributed by atoms with van der Waals surface area (Å²) in [6.45, 7) is 8.22. The number of aromatic nitrogens is 1. The third kappa shape index (κ3) is 3.94.